The van der Waals surface area contributed by atoms with E-state index >= 15 is 0 Å². The quantitative estimate of drug-likeness (QED) is 0.168. The summed E-state index contributed by atoms with van der Waals surface area (Å²) in [6, 6.07) is 12.8. The number of halogens is 2. The Bertz CT molecular complexity index is 1270. The average molecular weight is 545 g/mol. The Kier molecular flexibility index (Phi) is 6.63. The van der Waals surface area contributed by atoms with Crippen LogP contribution in [-0.2, 0) is 0 Å². The summed E-state index contributed by atoms with van der Waals surface area (Å²) in [5.41, 5.74) is 1.63. The molecule has 1 atom stereocenters. The van der Waals surface area contributed by atoms with Gasteiger partial charge in [0.2, 0.25) is 0 Å². The van der Waals surface area contributed by atoms with Gasteiger partial charge in [0.25, 0.3) is 11.5 Å². The Morgan fingerprint density at radius 2 is 2.03 bits per heavy atom. The Morgan fingerprint density at radius 3 is 2.75 bits per heavy atom. The van der Waals surface area contributed by atoms with Crippen LogP contribution in [0.1, 0.15) is 28.8 Å². The van der Waals surface area contributed by atoms with Gasteiger partial charge < -0.3 is 15.7 Å². The van der Waals surface area contributed by atoms with E-state index in [9.17, 15) is 14.0 Å². The number of aromatic nitrogens is 1. The van der Waals surface area contributed by atoms with Crippen molar-refractivity contribution in [3.05, 3.63) is 75.8 Å². The van der Waals surface area contributed by atoms with E-state index in [4.69, 9.17) is 5.84 Å². The van der Waals surface area contributed by atoms with Gasteiger partial charge >= 0.3 is 0 Å². The highest BCUT2D eigenvalue weighted by Crippen LogP contribution is 2.23. The maximum Gasteiger partial charge on any atom is 0.258 e. The van der Waals surface area contributed by atoms with E-state index in [0.29, 0.717) is 22.2 Å². The second kappa shape index (κ2) is 9.60. The van der Waals surface area contributed by atoms with Crippen molar-refractivity contribution < 1.29 is 9.18 Å². The number of carbonyl (C=O) groups excluding carboxylic acids is 1. The highest BCUT2D eigenvalue weighted by atomic mass is 127. The van der Waals surface area contributed by atoms with E-state index in [-0.39, 0.29) is 23.2 Å². The average Bonchev–Trinajstić information content (AvgIpc) is 3.29. The molecule has 1 amide bonds. The van der Waals surface area contributed by atoms with Gasteiger partial charge in [0.05, 0.1) is 17.5 Å². The van der Waals surface area contributed by atoms with Gasteiger partial charge in [-0.3, -0.25) is 14.6 Å². The Hall–Kier alpha value is -3.08. The van der Waals surface area contributed by atoms with E-state index in [1.165, 1.54) is 30.5 Å². The molecule has 1 aliphatic rings. The van der Waals surface area contributed by atoms with Crippen LogP contribution in [-0.4, -0.2) is 44.7 Å². The Balaban J connectivity index is 1.54. The molecular weight excluding hydrogens is 524 g/mol. The number of hydrogen-bond acceptors (Lipinski definition) is 5. The highest BCUT2D eigenvalue weighted by molar-refractivity contribution is 14.1. The molecule has 1 saturated heterocycles. The van der Waals surface area contributed by atoms with Crippen molar-refractivity contribution in [3.63, 3.8) is 0 Å². The third-order valence-corrected chi connectivity index (χ3v) is 6.50. The van der Waals surface area contributed by atoms with Crippen molar-refractivity contribution in [2.45, 2.75) is 18.9 Å². The highest BCUT2D eigenvalue weighted by Gasteiger charge is 2.28. The summed E-state index contributed by atoms with van der Waals surface area (Å²) in [5, 5.41) is 4.19. The fourth-order valence-electron chi connectivity index (χ4n) is 3.80. The van der Waals surface area contributed by atoms with Crippen LogP contribution in [0, 0.1) is 5.82 Å². The molecule has 0 spiro atoms. The molecule has 2 aromatic carbocycles. The van der Waals surface area contributed by atoms with Crippen LogP contribution in [0.15, 0.2) is 63.4 Å². The van der Waals surface area contributed by atoms with Crippen LogP contribution in [0.4, 0.5) is 10.1 Å². The van der Waals surface area contributed by atoms with Gasteiger partial charge in [-0.05, 0) is 61.4 Å². The first-order chi connectivity index (χ1) is 15.5. The van der Waals surface area contributed by atoms with Crippen molar-refractivity contribution in [3.8, 4) is 0 Å². The number of nitrogens with one attached hydrogen (secondary N) is 1. The van der Waals surface area contributed by atoms with Crippen LogP contribution in [0.2, 0.25) is 0 Å². The summed E-state index contributed by atoms with van der Waals surface area (Å²) >= 11 is 2.32. The summed E-state index contributed by atoms with van der Waals surface area (Å²) in [6.45, 7) is 0.785. The lowest BCUT2D eigenvalue weighted by atomic mass is 10.1. The van der Waals surface area contributed by atoms with Crippen LogP contribution in [0.3, 0.4) is 0 Å². The summed E-state index contributed by atoms with van der Waals surface area (Å²) in [7, 11) is 0. The molecule has 9 heteroatoms. The second-order valence-electron chi connectivity index (χ2n) is 7.51. The molecule has 2 heterocycles. The maximum absolute atomic E-state index is 13.6. The van der Waals surface area contributed by atoms with Crippen molar-refractivity contribution in [2.75, 3.05) is 11.0 Å². The minimum absolute atomic E-state index is 0.0267. The van der Waals surface area contributed by atoms with Gasteiger partial charge in [0.15, 0.2) is 0 Å². The number of pyridine rings is 1. The number of carbonyl (C=O) groups is 1. The number of hydrogen-bond donors (Lipinski definition) is 2. The number of amides is 1. The fourth-order valence-corrected chi connectivity index (χ4v) is 4.71. The van der Waals surface area contributed by atoms with E-state index in [2.05, 4.69) is 37.7 Å². The summed E-state index contributed by atoms with van der Waals surface area (Å²) < 4.78 is 14.5. The van der Waals surface area contributed by atoms with Gasteiger partial charge in [-0.2, -0.15) is 5.10 Å². The maximum atomic E-state index is 13.6. The van der Waals surface area contributed by atoms with Gasteiger partial charge in [0, 0.05) is 33.5 Å². The second-order valence-corrected chi connectivity index (χ2v) is 8.39. The predicted octanol–water partition coefficient (Wildman–Crippen LogP) is 3.77. The number of nitrogens with two attached hydrogens (primary N) is 1. The normalized spacial score (nSPS) is 16.9. The lowest BCUT2D eigenvalue weighted by molar-refractivity contribution is 0.0751. The number of hydrazone groups is 1. The monoisotopic (exact) mass is 545 g/mol. The van der Waals surface area contributed by atoms with E-state index in [1.807, 2.05) is 4.90 Å². The summed E-state index contributed by atoms with van der Waals surface area (Å²) in [6.07, 6.45) is 3.45. The lowest BCUT2D eigenvalue weighted by Gasteiger charge is -2.23. The molecule has 3 N–H and O–H groups in total. The van der Waals surface area contributed by atoms with Crippen molar-refractivity contribution in [1.82, 2.24) is 9.88 Å². The van der Waals surface area contributed by atoms with Crippen LogP contribution < -0.4 is 11.4 Å². The largest absolute Gasteiger partial charge is 0.335 e. The lowest BCUT2D eigenvalue weighted by Crippen LogP contribution is -2.36. The molecule has 0 aliphatic carbocycles. The van der Waals surface area contributed by atoms with Crippen molar-refractivity contribution in [1.29, 1.82) is 0 Å². The first kappa shape index (κ1) is 22.1. The molecule has 0 saturated carbocycles. The first-order valence-electron chi connectivity index (χ1n) is 10.1. The van der Waals surface area contributed by atoms with Gasteiger partial charge in [-0.1, -0.05) is 22.6 Å². The zero-order valence-corrected chi connectivity index (χ0v) is 19.3. The van der Waals surface area contributed by atoms with Crippen LogP contribution in [0.5, 0.6) is 0 Å². The molecular formula is C23H21FIN5O2. The summed E-state index contributed by atoms with van der Waals surface area (Å²) in [5.74, 6) is 5.10. The number of fused-ring (bicyclic) bond motifs is 1. The van der Waals surface area contributed by atoms with Crippen molar-refractivity contribution >= 4 is 57.0 Å². The molecule has 3 aromatic rings. The molecule has 1 aliphatic heterocycles. The number of benzene rings is 2. The van der Waals surface area contributed by atoms with Gasteiger partial charge in [-0.15, -0.1) is 0 Å². The number of aliphatic imine (C=N–C) groups is 1. The molecule has 7 nitrogen and oxygen atoms in total. The zero-order chi connectivity index (χ0) is 22.7. The third kappa shape index (κ3) is 4.57. The Morgan fingerprint density at radius 1 is 1.25 bits per heavy atom. The topological polar surface area (TPSA) is 104 Å². The number of aromatic amines is 1. The van der Waals surface area contributed by atoms with E-state index < -0.39 is 11.4 Å². The summed E-state index contributed by atoms with van der Waals surface area (Å²) in [4.78, 5) is 34.2. The zero-order valence-electron chi connectivity index (χ0n) is 17.1. The third-order valence-electron chi connectivity index (χ3n) is 5.49. The fraction of sp³-hybridized carbons (Fsp3) is 0.217. The predicted molar refractivity (Wildman–Crippen MR) is 133 cm³/mol. The number of likely N-dealkylation sites (tertiary alicyclic amines) is 1. The molecule has 164 valence electrons. The molecule has 1 aromatic heterocycles. The minimum atomic E-state index is -0.413. The standard InChI is InChI=1S/C23H21FIN5O2/c24-16-5-8-20-15(10-16)11-19(22(31)28-20)21(29-26)13-27-17-6-3-14(4-7-17)23(32)30-9-1-2-18(30)12-25/h3-8,10-11,13,18H,1-2,9,12,26H2,(H,28,31)/t18-/m0/s1. The van der Waals surface area contributed by atoms with Gasteiger partial charge in [-0.25, -0.2) is 4.39 Å². The SMILES string of the molecule is NN=C(C=Nc1ccc(C(=O)N2CCC[C@H]2CI)cc1)c1cc2cc(F)ccc2[nH]c1=O. The van der Waals surface area contributed by atoms with Crippen LogP contribution >= 0.6 is 22.6 Å². The minimum Gasteiger partial charge on any atom is -0.335 e. The number of alkyl halides is 1. The van der Waals surface area contributed by atoms with Gasteiger partial charge in [0.1, 0.15) is 11.5 Å². The number of rotatable bonds is 5. The Labute approximate surface area is 197 Å². The van der Waals surface area contributed by atoms with Crippen LogP contribution in [0.25, 0.3) is 10.9 Å². The molecule has 32 heavy (non-hydrogen) atoms. The smallest absolute Gasteiger partial charge is 0.258 e. The van der Waals surface area contributed by atoms with E-state index in [0.717, 1.165) is 23.8 Å². The first-order valence-corrected chi connectivity index (χ1v) is 11.6. The molecule has 4 rings (SSSR count). The molecule has 1 fully saturated rings. The van der Waals surface area contributed by atoms with Crippen molar-refractivity contribution in [2.24, 2.45) is 15.9 Å². The molecule has 0 bridgehead atoms. The van der Waals surface area contributed by atoms with E-state index in [1.54, 1.807) is 24.3 Å². The number of H-pyrrole nitrogens is 1. The molecule has 0 radical (unpaired) electrons. The number of nitrogens with zero attached hydrogens (tertiary/aromatic N) is 3. The molecule has 0 unspecified atom stereocenters.